The van der Waals surface area contributed by atoms with E-state index >= 15 is 0 Å². The minimum atomic E-state index is -4.74. The molecule has 9 heteroatoms. The third-order valence-corrected chi connectivity index (χ3v) is 9.52. The zero-order chi connectivity index (χ0) is 36.1. The zero-order valence-corrected chi connectivity index (χ0v) is 32.8. The smallest absolute Gasteiger partial charge is 0.462 e. The van der Waals surface area contributed by atoms with E-state index in [4.69, 9.17) is 19.3 Å². The van der Waals surface area contributed by atoms with Crippen LogP contribution in [0.25, 0.3) is 0 Å². The number of hydrogen-bond donors (Lipinski definition) is 2. The summed E-state index contributed by atoms with van der Waals surface area (Å²) in [7, 11) is -4.74. The van der Waals surface area contributed by atoms with Crippen LogP contribution in [0.5, 0.6) is 0 Å². The molecule has 0 aromatic rings. The second kappa shape index (κ2) is 36.6. The molecule has 2 N–H and O–H groups in total. The molecule has 1 unspecified atom stereocenters. The third kappa shape index (κ3) is 39.4. The molecule has 0 heterocycles. The van der Waals surface area contributed by atoms with Gasteiger partial charge in [-0.25, -0.2) is 4.57 Å². The van der Waals surface area contributed by atoms with Gasteiger partial charge in [-0.15, -0.1) is 0 Å². The molecule has 0 aromatic carbocycles. The highest BCUT2D eigenvalue weighted by molar-refractivity contribution is 7.46. The summed E-state index contributed by atoms with van der Waals surface area (Å²) < 4.78 is 26.3. The van der Waals surface area contributed by atoms with Gasteiger partial charge in [-0.3, -0.25) is 14.1 Å². The Morgan fingerprint density at radius 3 is 1.24 bits per heavy atom. The van der Waals surface area contributed by atoms with Crippen molar-refractivity contribution in [3.8, 4) is 0 Å². The maximum Gasteiger partial charge on any atom is 0.469 e. The Hall–Kier alpha value is -1.21. The van der Waals surface area contributed by atoms with E-state index in [0.29, 0.717) is 6.42 Å². The molecule has 1 atom stereocenters. The van der Waals surface area contributed by atoms with Crippen LogP contribution in [0.1, 0.15) is 213 Å². The van der Waals surface area contributed by atoms with Gasteiger partial charge >= 0.3 is 19.8 Å². The predicted octanol–water partition coefficient (Wildman–Crippen LogP) is 12.2. The van der Waals surface area contributed by atoms with Gasteiger partial charge in [0.05, 0.1) is 6.61 Å². The molecule has 0 amide bonds. The molecule has 0 bridgehead atoms. The second-order valence-corrected chi connectivity index (χ2v) is 15.2. The quantitative estimate of drug-likeness (QED) is 0.0280. The van der Waals surface area contributed by atoms with Crippen LogP contribution in [0.4, 0.5) is 0 Å². The number of phosphoric acid groups is 1. The summed E-state index contributed by atoms with van der Waals surface area (Å²) in [6, 6.07) is 0. The van der Waals surface area contributed by atoms with Crippen molar-refractivity contribution in [1.82, 2.24) is 0 Å². The summed E-state index contributed by atoms with van der Waals surface area (Å²) in [6.07, 6.45) is 39.4. The molecule has 0 saturated heterocycles. The van der Waals surface area contributed by atoms with Crippen molar-refractivity contribution in [3.63, 3.8) is 0 Å². The van der Waals surface area contributed by atoms with Crippen molar-refractivity contribution in [1.29, 1.82) is 0 Å². The lowest BCUT2D eigenvalue weighted by atomic mass is 10.1. The Bertz CT molecular complexity index is 812. The van der Waals surface area contributed by atoms with E-state index in [9.17, 15) is 14.2 Å². The van der Waals surface area contributed by atoms with E-state index in [1.54, 1.807) is 0 Å². The van der Waals surface area contributed by atoms with Crippen molar-refractivity contribution < 1.29 is 37.9 Å². The summed E-state index contributed by atoms with van der Waals surface area (Å²) >= 11 is 0. The van der Waals surface area contributed by atoms with Crippen molar-refractivity contribution >= 4 is 19.8 Å². The molecular formula is C40H77O8P. The SMILES string of the molecule is CCCCCCCCCC/C=C\CCCCCCCCCCCC(=O)OC(COC(=O)CCCCCCCCCCCC)COP(=O)(O)O. The van der Waals surface area contributed by atoms with Gasteiger partial charge in [-0.2, -0.15) is 0 Å². The molecule has 8 nitrogen and oxygen atoms in total. The molecule has 0 radical (unpaired) electrons. The first kappa shape index (κ1) is 47.8. The molecule has 0 aliphatic heterocycles. The fourth-order valence-corrected chi connectivity index (χ4v) is 6.32. The minimum Gasteiger partial charge on any atom is -0.462 e. The van der Waals surface area contributed by atoms with Crippen molar-refractivity contribution in [3.05, 3.63) is 12.2 Å². The number of phosphoric ester groups is 1. The van der Waals surface area contributed by atoms with Gasteiger partial charge in [-0.1, -0.05) is 174 Å². The Labute approximate surface area is 301 Å². The summed E-state index contributed by atoms with van der Waals surface area (Å²) in [6.45, 7) is 3.68. The molecule has 0 aliphatic carbocycles. The molecular weight excluding hydrogens is 639 g/mol. The maximum absolute atomic E-state index is 12.4. The number of carbonyl (C=O) groups excluding carboxylic acids is 2. The fraction of sp³-hybridized carbons (Fsp3) is 0.900. The summed E-state index contributed by atoms with van der Waals surface area (Å²) in [5.41, 5.74) is 0. The topological polar surface area (TPSA) is 119 Å². The first-order valence-electron chi connectivity index (χ1n) is 20.5. The van der Waals surface area contributed by atoms with Crippen LogP contribution in [0.2, 0.25) is 0 Å². The number of rotatable bonds is 38. The molecule has 0 spiro atoms. The van der Waals surface area contributed by atoms with E-state index in [-0.39, 0.29) is 19.4 Å². The van der Waals surface area contributed by atoms with E-state index in [1.807, 2.05) is 0 Å². The van der Waals surface area contributed by atoms with Crippen LogP contribution < -0.4 is 0 Å². The van der Waals surface area contributed by atoms with E-state index in [0.717, 1.165) is 38.5 Å². The first-order valence-corrected chi connectivity index (χ1v) is 22.0. The van der Waals surface area contributed by atoms with Gasteiger partial charge in [0.1, 0.15) is 6.61 Å². The first-order chi connectivity index (χ1) is 23.8. The Balaban J connectivity index is 3.84. The lowest BCUT2D eigenvalue weighted by molar-refractivity contribution is -0.161. The monoisotopic (exact) mass is 717 g/mol. The van der Waals surface area contributed by atoms with Gasteiger partial charge in [0.15, 0.2) is 6.10 Å². The lowest BCUT2D eigenvalue weighted by Crippen LogP contribution is -2.29. The van der Waals surface area contributed by atoms with E-state index in [2.05, 4.69) is 30.5 Å². The number of unbranched alkanes of at least 4 members (excludes halogenated alkanes) is 26. The highest BCUT2D eigenvalue weighted by Crippen LogP contribution is 2.36. The lowest BCUT2D eigenvalue weighted by Gasteiger charge is -2.18. The summed E-state index contributed by atoms with van der Waals surface area (Å²) in [4.78, 5) is 42.7. The van der Waals surface area contributed by atoms with Gasteiger partial charge in [0.25, 0.3) is 0 Å². The van der Waals surface area contributed by atoms with Crippen molar-refractivity contribution in [2.45, 2.75) is 219 Å². The number of esters is 2. The van der Waals surface area contributed by atoms with Crippen LogP contribution in [0.15, 0.2) is 12.2 Å². The number of allylic oxidation sites excluding steroid dienone is 2. The normalized spacial score (nSPS) is 12.5. The maximum atomic E-state index is 12.4. The molecule has 0 saturated carbocycles. The van der Waals surface area contributed by atoms with Crippen LogP contribution in [0.3, 0.4) is 0 Å². The molecule has 0 fully saturated rings. The average molecular weight is 717 g/mol. The molecule has 0 aromatic heterocycles. The van der Waals surface area contributed by atoms with Crippen LogP contribution in [0, 0.1) is 0 Å². The highest BCUT2D eigenvalue weighted by atomic mass is 31.2. The number of ether oxygens (including phenoxy) is 2. The van der Waals surface area contributed by atoms with E-state index in [1.165, 1.54) is 141 Å². The molecule has 49 heavy (non-hydrogen) atoms. The molecule has 0 rings (SSSR count). The standard InChI is InChI=1S/C40H77O8P/c1-3-5-7-9-11-13-15-16-17-18-19-20-21-22-23-24-25-27-29-31-33-35-40(42)48-38(37-47-49(43,44)45)36-46-39(41)34-32-30-28-26-14-12-10-8-6-4-2/h18-19,38H,3-17,20-37H2,1-2H3,(H2,43,44,45)/b19-18-. The predicted molar refractivity (Wildman–Crippen MR) is 202 cm³/mol. The molecule has 0 aliphatic rings. The summed E-state index contributed by atoms with van der Waals surface area (Å²) in [5, 5.41) is 0. The van der Waals surface area contributed by atoms with Gasteiger partial charge in [0, 0.05) is 12.8 Å². The third-order valence-electron chi connectivity index (χ3n) is 9.03. The largest absolute Gasteiger partial charge is 0.469 e. The number of carbonyl (C=O) groups is 2. The van der Waals surface area contributed by atoms with Crippen molar-refractivity contribution in [2.75, 3.05) is 13.2 Å². The highest BCUT2D eigenvalue weighted by Gasteiger charge is 2.22. The minimum absolute atomic E-state index is 0.214. The Kier molecular flexibility index (Phi) is 35.7. The average Bonchev–Trinajstić information content (AvgIpc) is 3.07. The van der Waals surface area contributed by atoms with Crippen LogP contribution in [-0.2, 0) is 28.2 Å². The second-order valence-electron chi connectivity index (χ2n) is 14.0. The van der Waals surface area contributed by atoms with Gasteiger partial charge < -0.3 is 19.3 Å². The molecule has 290 valence electrons. The van der Waals surface area contributed by atoms with Crippen LogP contribution >= 0.6 is 7.82 Å². The van der Waals surface area contributed by atoms with E-state index < -0.39 is 32.5 Å². The van der Waals surface area contributed by atoms with Gasteiger partial charge in [0.2, 0.25) is 0 Å². The fourth-order valence-electron chi connectivity index (χ4n) is 5.96. The van der Waals surface area contributed by atoms with Gasteiger partial charge in [-0.05, 0) is 38.5 Å². The summed E-state index contributed by atoms with van der Waals surface area (Å²) in [5.74, 6) is -0.880. The van der Waals surface area contributed by atoms with Crippen LogP contribution in [-0.4, -0.2) is 41.0 Å². The Morgan fingerprint density at radius 1 is 0.510 bits per heavy atom. The number of hydrogen-bond acceptors (Lipinski definition) is 6. The Morgan fingerprint density at radius 2 is 0.857 bits per heavy atom. The zero-order valence-electron chi connectivity index (χ0n) is 31.9. The van der Waals surface area contributed by atoms with Crippen molar-refractivity contribution in [2.24, 2.45) is 0 Å².